The first-order chi connectivity index (χ1) is 8.42. The molecule has 1 aromatic rings. The lowest BCUT2D eigenvalue weighted by atomic mass is 9.82. The van der Waals surface area contributed by atoms with Crippen LogP contribution in [0.15, 0.2) is 18.2 Å². The van der Waals surface area contributed by atoms with Crippen LogP contribution in [0, 0.1) is 5.41 Å². The van der Waals surface area contributed by atoms with Crippen molar-refractivity contribution < 1.29 is 9.47 Å². The quantitative estimate of drug-likeness (QED) is 0.870. The molecule has 0 spiro atoms. The molecule has 102 valence electrons. The van der Waals surface area contributed by atoms with E-state index >= 15 is 0 Å². The highest BCUT2D eigenvalue weighted by Crippen LogP contribution is 2.36. The smallest absolute Gasteiger partial charge is 0.122 e. The number of rotatable bonds is 5. The third-order valence-electron chi connectivity index (χ3n) is 2.98. The predicted octanol–water partition coefficient (Wildman–Crippen LogP) is 3.40. The average molecular weight is 251 g/mol. The summed E-state index contributed by atoms with van der Waals surface area (Å²) in [4.78, 5) is 0. The molecule has 0 amide bonds. The van der Waals surface area contributed by atoms with E-state index in [9.17, 15) is 0 Å². The normalized spacial score (nSPS) is 13.2. The van der Waals surface area contributed by atoms with Gasteiger partial charge in [0, 0.05) is 12.1 Å². The molecule has 0 radical (unpaired) electrons. The van der Waals surface area contributed by atoms with E-state index in [1.54, 1.807) is 14.2 Å². The Labute approximate surface area is 110 Å². The first-order valence-electron chi connectivity index (χ1n) is 6.38. The number of ether oxygens (including phenoxy) is 2. The Balaban J connectivity index is 3.18. The summed E-state index contributed by atoms with van der Waals surface area (Å²) in [5, 5.41) is 3.53. The number of benzene rings is 1. The molecule has 0 aliphatic rings. The summed E-state index contributed by atoms with van der Waals surface area (Å²) < 4.78 is 10.7. The lowest BCUT2D eigenvalue weighted by Gasteiger charge is -2.32. The van der Waals surface area contributed by atoms with Crippen molar-refractivity contribution in [1.82, 2.24) is 5.32 Å². The monoisotopic (exact) mass is 251 g/mol. The maximum absolute atomic E-state index is 5.33. The Bertz CT molecular complexity index is 360. The molecule has 1 aromatic carbocycles. The van der Waals surface area contributed by atoms with Crippen molar-refractivity contribution in [2.75, 3.05) is 20.8 Å². The van der Waals surface area contributed by atoms with Crippen LogP contribution >= 0.6 is 0 Å². The molecule has 0 bridgehead atoms. The van der Waals surface area contributed by atoms with Gasteiger partial charge in [-0.3, -0.25) is 0 Å². The molecule has 1 atom stereocenters. The van der Waals surface area contributed by atoms with Crippen LogP contribution in [0.25, 0.3) is 0 Å². The maximum Gasteiger partial charge on any atom is 0.122 e. The predicted molar refractivity (Wildman–Crippen MR) is 75.4 cm³/mol. The molecule has 0 saturated heterocycles. The lowest BCUT2D eigenvalue weighted by molar-refractivity contribution is 0.275. The fraction of sp³-hybridized carbons (Fsp3) is 0.600. The third kappa shape index (κ3) is 3.64. The van der Waals surface area contributed by atoms with Gasteiger partial charge in [0.2, 0.25) is 0 Å². The summed E-state index contributed by atoms with van der Waals surface area (Å²) in [5.41, 5.74) is 1.33. The van der Waals surface area contributed by atoms with Gasteiger partial charge in [0.1, 0.15) is 11.5 Å². The van der Waals surface area contributed by atoms with Crippen LogP contribution in [0.2, 0.25) is 0 Å². The number of methoxy groups -OCH3 is 2. The van der Waals surface area contributed by atoms with E-state index in [0.29, 0.717) is 0 Å². The highest BCUT2D eigenvalue weighted by atomic mass is 16.5. The van der Waals surface area contributed by atoms with Crippen molar-refractivity contribution in [3.8, 4) is 11.5 Å². The van der Waals surface area contributed by atoms with Crippen molar-refractivity contribution in [3.63, 3.8) is 0 Å². The SMILES string of the molecule is CCNC(c1cc(OC)cc(OC)c1)C(C)(C)C. The molecule has 0 fully saturated rings. The molecule has 0 aliphatic carbocycles. The van der Waals surface area contributed by atoms with Crippen LogP contribution in [-0.4, -0.2) is 20.8 Å². The lowest BCUT2D eigenvalue weighted by Crippen LogP contribution is -2.32. The zero-order valence-electron chi connectivity index (χ0n) is 12.3. The van der Waals surface area contributed by atoms with Crippen molar-refractivity contribution in [2.24, 2.45) is 5.41 Å². The molecular weight excluding hydrogens is 226 g/mol. The van der Waals surface area contributed by atoms with E-state index in [1.807, 2.05) is 6.07 Å². The fourth-order valence-electron chi connectivity index (χ4n) is 2.12. The molecule has 0 saturated carbocycles. The molecule has 1 rings (SSSR count). The summed E-state index contributed by atoms with van der Waals surface area (Å²) in [6, 6.07) is 6.31. The van der Waals surface area contributed by atoms with E-state index in [4.69, 9.17) is 9.47 Å². The summed E-state index contributed by atoms with van der Waals surface area (Å²) in [5.74, 6) is 1.66. The van der Waals surface area contributed by atoms with Gasteiger partial charge in [-0.2, -0.15) is 0 Å². The van der Waals surface area contributed by atoms with Gasteiger partial charge in [-0.15, -0.1) is 0 Å². The van der Waals surface area contributed by atoms with E-state index in [1.165, 1.54) is 5.56 Å². The number of hydrogen-bond donors (Lipinski definition) is 1. The maximum atomic E-state index is 5.33. The van der Waals surface area contributed by atoms with Crippen LogP contribution < -0.4 is 14.8 Å². The Hall–Kier alpha value is -1.22. The summed E-state index contributed by atoms with van der Waals surface area (Å²) >= 11 is 0. The van der Waals surface area contributed by atoms with Gasteiger partial charge in [0.05, 0.1) is 14.2 Å². The fourth-order valence-corrected chi connectivity index (χ4v) is 2.12. The van der Waals surface area contributed by atoms with Gasteiger partial charge >= 0.3 is 0 Å². The molecule has 0 aromatic heterocycles. The van der Waals surface area contributed by atoms with Gasteiger partial charge in [-0.25, -0.2) is 0 Å². The van der Waals surface area contributed by atoms with Gasteiger partial charge in [-0.1, -0.05) is 27.7 Å². The van der Waals surface area contributed by atoms with Crippen LogP contribution in [0.1, 0.15) is 39.3 Å². The summed E-state index contributed by atoms with van der Waals surface area (Å²) in [6.45, 7) is 9.74. The highest BCUT2D eigenvalue weighted by molar-refractivity contribution is 5.40. The van der Waals surface area contributed by atoms with E-state index in [-0.39, 0.29) is 11.5 Å². The third-order valence-corrected chi connectivity index (χ3v) is 2.98. The molecule has 3 heteroatoms. The number of hydrogen-bond acceptors (Lipinski definition) is 3. The second kappa shape index (κ2) is 6.10. The van der Waals surface area contributed by atoms with Crippen molar-refractivity contribution in [1.29, 1.82) is 0 Å². The minimum absolute atomic E-state index is 0.132. The van der Waals surface area contributed by atoms with Crippen molar-refractivity contribution >= 4 is 0 Å². The second-order valence-corrected chi connectivity index (χ2v) is 5.50. The minimum atomic E-state index is 0.132. The van der Waals surface area contributed by atoms with Crippen molar-refractivity contribution in [3.05, 3.63) is 23.8 Å². The first-order valence-corrected chi connectivity index (χ1v) is 6.38. The molecule has 1 N–H and O–H groups in total. The molecule has 0 heterocycles. The van der Waals surface area contributed by atoms with E-state index < -0.39 is 0 Å². The largest absolute Gasteiger partial charge is 0.497 e. The van der Waals surface area contributed by atoms with Crippen LogP contribution in [-0.2, 0) is 0 Å². The Morgan fingerprint density at radius 1 is 1.06 bits per heavy atom. The zero-order chi connectivity index (χ0) is 13.8. The zero-order valence-corrected chi connectivity index (χ0v) is 12.3. The average Bonchev–Trinajstić information content (AvgIpc) is 2.33. The van der Waals surface area contributed by atoms with Crippen LogP contribution in [0.5, 0.6) is 11.5 Å². The van der Waals surface area contributed by atoms with E-state index in [0.717, 1.165) is 18.0 Å². The standard InChI is InChI=1S/C15H25NO2/c1-7-16-14(15(2,3)4)11-8-12(17-5)10-13(9-11)18-6/h8-10,14,16H,7H2,1-6H3. The molecule has 18 heavy (non-hydrogen) atoms. The minimum Gasteiger partial charge on any atom is -0.497 e. The molecule has 0 aliphatic heterocycles. The van der Waals surface area contributed by atoms with Crippen LogP contribution in [0.3, 0.4) is 0 Å². The van der Waals surface area contributed by atoms with Gasteiger partial charge < -0.3 is 14.8 Å². The van der Waals surface area contributed by atoms with Gasteiger partial charge in [-0.05, 0) is 29.7 Å². The summed E-state index contributed by atoms with van der Waals surface area (Å²) in [6.07, 6.45) is 0. The molecular formula is C15H25NO2. The highest BCUT2D eigenvalue weighted by Gasteiger charge is 2.26. The summed E-state index contributed by atoms with van der Waals surface area (Å²) in [7, 11) is 3.36. The molecule has 1 unspecified atom stereocenters. The first kappa shape index (κ1) is 14.8. The molecule has 3 nitrogen and oxygen atoms in total. The topological polar surface area (TPSA) is 30.5 Å². The Morgan fingerprint density at radius 2 is 1.56 bits per heavy atom. The van der Waals surface area contributed by atoms with Gasteiger partial charge in [0.15, 0.2) is 0 Å². The Kier molecular flexibility index (Phi) is 5.03. The van der Waals surface area contributed by atoms with Crippen LogP contribution in [0.4, 0.5) is 0 Å². The second-order valence-electron chi connectivity index (χ2n) is 5.50. The number of nitrogens with one attached hydrogen (secondary N) is 1. The van der Waals surface area contributed by atoms with Gasteiger partial charge in [0.25, 0.3) is 0 Å². The van der Waals surface area contributed by atoms with E-state index in [2.05, 4.69) is 45.1 Å². The Morgan fingerprint density at radius 3 is 1.89 bits per heavy atom. The van der Waals surface area contributed by atoms with Crippen molar-refractivity contribution in [2.45, 2.75) is 33.7 Å².